The summed E-state index contributed by atoms with van der Waals surface area (Å²) in [5, 5.41) is 24.3. The molecule has 1 heterocycles. The minimum Gasteiger partial charge on any atom is -0.457 e. The number of nitrogens with one attached hydrogen (secondary N) is 2. The lowest BCUT2D eigenvalue weighted by Gasteiger charge is -2.23. The van der Waals surface area contributed by atoms with E-state index in [1.807, 2.05) is 0 Å². The van der Waals surface area contributed by atoms with Crippen molar-refractivity contribution in [2.24, 2.45) is 0 Å². The van der Waals surface area contributed by atoms with Gasteiger partial charge in [0.05, 0.1) is 23.3 Å². The smallest absolute Gasteiger partial charge is 0.251 e. The Morgan fingerprint density at radius 2 is 1.27 bits per heavy atom. The number of piperidine rings is 1. The zero-order valence-corrected chi connectivity index (χ0v) is 17.9. The van der Waals surface area contributed by atoms with Crippen LogP contribution in [0, 0.1) is 22.7 Å². The third-order valence-electron chi connectivity index (χ3n) is 5.25. The van der Waals surface area contributed by atoms with Crippen LogP contribution in [0.1, 0.15) is 34.3 Å². The summed E-state index contributed by atoms with van der Waals surface area (Å²) in [6.07, 6.45) is 1.75. The molecule has 0 atom stereocenters. The standard InChI is InChI=1S/C26H22N4O3/c27-16-18-1-5-22(6-2-18)32-24-13-20(26(31)30-21-9-11-29-12-10-21)14-25(15-24)33-23-7-3-19(17-28)4-8-23/h1-8,13-15,21,29H,9-12H2,(H,30,31). The molecule has 0 saturated carbocycles. The first-order chi connectivity index (χ1) is 16.1. The maximum Gasteiger partial charge on any atom is 0.251 e. The van der Waals surface area contributed by atoms with E-state index >= 15 is 0 Å². The van der Waals surface area contributed by atoms with Gasteiger partial charge in [-0.05, 0) is 86.6 Å². The van der Waals surface area contributed by atoms with Gasteiger partial charge in [-0.3, -0.25) is 4.79 Å². The van der Waals surface area contributed by atoms with Gasteiger partial charge in [0.1, 0.15) is 23.0 Å². The van der Waals surface area contributed by atoms with Crippen LogP contribution in [0.15, 0.2) is 66.7 Å². The highest BCUT2D eigenvalue weighted by Gasteiger charge is 2.18. The third kappa shape index (κ3) is 5.88. The van der Waals surface area contributed by atoms with Crippen LogP contribution >= 0.6 is 0 Å². The average Bonchev–Trinajstić information content (AvgIpc) is 2.85. The molecule has 1 amide bonds. The van der Waals surface area contributed by atoms with E-state index in [0.717, 1.165) is 25.9 Å². The van der Waals surface area contributed by atoms with Crippen LogP contribution in [0.5, 0.6) is 23.0 Å². The second-order valence-electron chi connectivity index (χ2n) is 7.67. The Morgan fingerprint density at radius 1 is 0.788 bits per heavy atom. The molecule has 4 rings (SSSR count). The van der Waals surface area contributed by atoms with Gasteiger partial charge in [-0.25, -0.2) is 0 Å². The zero-order valence-electron chi connectivity index (χ0n) is 17.9. The van der Waals surface area contributed by atoms with Gasteiger partial charge in [0.2, 0.25) is 0 Å². The Labute approximate surface area is 192 Å². The summed E-state index contributed by atoms with van der Waals surface area (Å²) in [7, 11) is 0. The molecule has 1 saturated heterocycles. The summed E-state index contributed by atoms with van der Waals surface area (Å²) in [6, 6.07) is 22.7. The van der Waals surface area contributed by atoms with Crippen molar-refractivity contribution in [1.29, 1.82) is 10.5 Å². The highest BCUT2D eigenvalue weighted by molar-refractivity contribution is 5.95. The van der Waals surface area contributed by atoms with Crippen LogP contribution in [-0.2, 0) is 0 Å². The molecule has 0 aliphatic carbocycles. The van der Waals surface area contributed by atoms with E-state index in [9.17, 15) is 4.79 Å². The molecule has 1 aliphatic heterocycles. The number of carbonyl (C=O) groups excluding carboxylic acids is 1. The van der Waals surface area contributed by atoms with Crippen LogP contribution in [0.3, 0.4) is 0 Å². The van der Waals surface area contributed by atoms with Gasteiger partial charge in [-0.2, -0.15) is 10.5 Å². The molecule has 2 N–H and O–H groups in total. The van der Waals surface area contributed by atoms with Gasteiger partial charge >= 0.3 is 0 Å². The van der Waals surface area contributed by atoms with Gasteiger partial charge in [0.25, 0.3) is 5.91 Å². The highest BCUT2D eigenvalue weighted by Crippen LogP contribution is 2.31. The molecule has 1 fully saturated rings. The Hall–Kier alpha value is -4.33. The van der Waals surface area contributed by atoms with Crippen molar-refractivity contribution >= 4 is 5.91 Å². The number of benzene rings is 3. The van der Waals surface area contributed by atoms with Crippen molar-refractivity contribution in [3.63, 3.8) is 0 Å². The zero-order chi connectivity index (χ0) is 23.0. The number of hydrogen-bond acceptors (Lipinski definition) is 6. The van der Waals surface area contributed by atoms with E-state index < -0.39 is 0 Å². The van der Waals surface area contributed by atoms with Crippen molar-refractivity contribution in [2.45, 2.75) is 18.9 Å². The monoisotopic (exact) mass is 438 g/mol. The van der Waals surface area contributed by atoms with E-state index in [0.29, 0.717) is 39.7 Å². The first-order valence-electron chi connectivity index (χ1n) is 10.7. The Bertz CT molecular complexity index is 1120. The first-order valence-corrected chi connectivity index (χ1v) is 10.7. The maximum atomic E-state index is 13.0. The Morgan fingerprint density at radius 3 is 1.73 bits per heavy atom. The minimum atomic E-state index is -0.197. The third-order valence-corrected chi connectivity index (χ3v) is 5.25. The predicted octanol–water partition coefficient (Wildman–Crippen LogP) is 4.50. The molecule has 164 valence electrons. The first kappa shape index (κ1) is 21.9. The van der Waals surface area contributed by atoms with E-state index in [-0.39, 0.29) is 11.9 Å². The fourth-order valence-electron chi connectivity index (χ4n) is 3.52. The lowest BCUT2D eigenvalue weighted by Crippen LogP contribution is -2.42. The van der Waals surface area contributed by atoms with Gasteiger partial charge < -0.3 is 20.1 Å². The van der Waals surface area contributed by atoms with Crippen LogP contribution in [0.4, 0.5) is 0 Å². The molecule has 3 aromatic carbocycles. The molecule has 0 aromatic heterocycles. The number of carbonyl (C=O) groups is 1. The summed E-state index contributed by atoms with van der Waals surface area (Å²) in [5.74, 6) is 1.74. The van der Waals surface area contributed by atoms with E-state index in [1.54, 1.807) is 66.7 Å². The number of amides is 1. The topological polar surface area (TPSA) is 107 Å². The lowest BCUT2D eigenvalue weighted by atomic mass is 10.1. The van der Waals surface area contributed by atoms with Crippen molar-refractivity contribution in [3.8, 4) is 35.1 Å². The molecule has 3 aromatic rings. The van der Waals surface area contributed by atoms with Crippen molar-refractivity contribution in [1.82, 2.24) is 10.6 Å². The Balaban J connectivity index is 1.59. The molecule has 0 spiro atoms. The summed E-state index contributed by atoms with van der Waals surface area (Å²) in [6.45, 7) is 1.75. The van der Waals surface area contributed by atoms with Crippen molar-refractivity contribution in [3.05, 3.63) is 83.4 Å². The van der Waals surface area contributed by atoms with Crippen molar-refractivity contribution in [2.75, 3.05) is 13.1 Å². The normalized spacial score (nSPS) is 13.4. The summed E-state index contributed by atoms with van der Waals surface area (Å²) < 4.78 is 11.9. The largest absolute Gasteiger partial charge is 0.457 e. The predicted molar refractivity (Wildman–Crippen MR) is 122 cm³/mol. The van der Waals surface area contributed by atoms with E-state index in [4.69, 9.17) is 20.0 Å². The molecule has 0 bridgehead atoms. The van der Waals surface area contributed by atoms with E-state index in [1.165, 1.54) is 0 Å². The minimum absolute atomic E-state index is 0.116. The second kappa shape index (κ2) is 10.3. The van der Waals surface area contributed by atoms with Crippen LogP contribution in [0.25, 0.3) is 0 Å². The molecular weight excluding hydrogens is 416 g/mol. The summed E-state index contributed by atoms with van der Waals surface area (Å²) >= 11 is 0. The van der Waals surface area contributed by atoms with Gasteiger partial charge in [0, 0.05) is 17.7 Å². The quantitative estimate of drug-likeness (QED) is 0.587. The molecule has 1 aliphatic rings. The van der Waals surface area contributed by atoms with Crippen molar-refractivity contribution < 1.29 is 14.3 Å². The van der Waals surface area contributed by atoms with Gasteiger partial charge in [0.15, 0.2) is 0 Å². The fraction of sp³-hybridized carbons (Fsp3) is 0.192. The SMILES string of the molecule is N#Cc1ccc(Oc2cc(Oc3ccc(C#N)cc3)cc(C(=O)NC3CCNCC3)c2)cc1. The number of nitrogens with zero attached hydrogens (tertiary/aromatic N) is 2. The molecule has 33 heavy (non-hydrogen) atoms. The number of nitriles is 2. The van der Waals surface area contributed by atoms with Gasteiger partial charge in [-0.1, -0.05) is 0 Å². The fourth-order valence-corrected chi connectivity index (χ4v) is 3.52. The average molecular weight is 438 g/mol. The Kier molecular flexibility index (Phi) is 6.84. The summed E-state index contributed by atoms with van der Waals surface area (Å²) in [4.78, 5) is 13.0. The molecule has 7 nitrogen and oxygen atoms in total. The number of ether oxygens (including phenoxy) is 2. The second-order valence-corrected chi connectivity index (χ2v) is 7.67. The maximum absolute atomic E-state index is 13.0. The highest BCUT2D eigenvalue weighted by atomic mass is 16.5. The lowest BCUT2D eigenvalue weighted by molar-refractivity contribution is 0.0929. The molecular formula is C26H22N4O3. The number of rotatable bonds is 6. The number of hydrogen-bond donors (Lipinski definition) is 2. The molecule has 0 radical (unpaired) electrons. The molecule has 0 unspecified atom stereocenters. The van der Waals surface area contributed by atoms with Crippen LogP contribution in [-0.4, -0.2) is 25.0 Å². The van der Waals surface area contributed by atoms with Gasteiger partial charge in [-0.15, -0.1) is 0 Å². The summed E-state index contributed by atoms with van der Waals surface area (Å²) in [5.41, 5.74) is 1.48. The van der Waals surface area contributed by atoms with Crippen LogP contribution in [0.2, 0.25) is 0 Å². The van der Waals surface area contributed by atoms with Crippen LogP contribution < -0.4 is 20.1 Å². The van der Waals surface area contributed by atoms with E-state index in [2.05, 4.69) is 22.8 Å². The molecule has 7 heteroatoms.